The molecule has 0 atom stereocenters. The van der Waals surface area contributed by atoms with Gasteiger partial charge in [0.15, 0.2) is 0 Å². The monoisotopic (exact) mass is 255 g/mol. The molecule has 0 amide bonds. The number of hydrogen-bond donors (Lipinski definition) is 1. The maximum absolute atomic E-state index is 12.7. The SMILES string of the molecule is N#CCC=Cc1ccc(C(=O)O)cc1C(F)(F)F. The largest absolute Gasteiger partial charge is 0.478 e. The average molecular weight is 255 g/mol. The van der Waals surface area contributed by atoms with Gasteiger partial charge in [-0.3, -0.25) is 0 Å². The van der Waals surface area contributed by atoms with Crippen LogP contribution in [-0.2, 0) is 6.18 Å². The molecule has 94 valence electrons. The Hall–Kier alpha value is -2.29. The summed E-state index contributed by atoms with van der Waals surface area (Å²) in [4.78, 5) is 10.6. The van der Waals surface area contributed by atoms with E-state index in [9.17, 15) is 18.0 Å². The summed E-state index contributed by atoms with van der Waals surface area (Å²) in [6, 6.07) is 4.50. The molecule has 0 aliphatic carbocycles. The molecule has 0 unspecified atom stereocenters. The van der Waals surface area contributed by atoms with Gasteiger partial charge in [0.1, 0.15) is 0 Å². The van der Waals surface area contributed by atoms with E-state index in [-0.39, 0.29) is 12.0 Å². The molecule has 0 spiro atoms. The minimum atomic E-state index is -4.64. The van der Waals surface area contributed by atoms with Crippen LogP contribution in [0.15, 0.2) is 24.3 Å². The van der Waals surface area contributed by atoms with Gasteiger partial charge in [-0.1, -0.05) is 18.2 Å². The molecule has 0 saturated carbocycles. The molecule has 0 saturated heterocycles. The molecule has 18 heavy (non-hydrogen) atoms. The molecule has 0 radical (unpaired) electrons. The highest BCUT2D eigenvalue weighted by atomic mass is 19.4. The zero-order valence-corrected chi connectivity index (χ0v) is 9.03. The second-order valence-corrected chi connectivity index (χ2v) is 3.37. The van der Waals surface area contributed by atoms with E-state index in [4.69, 9.17) is 10.4 Å². The van der Waals surface area contributed by atoms with Crippen LogP contribution in [0, 0.1) is 11.3 Å². The smallest absolute Gasteiger partial charge is 0.417 e. The highest BCUT2D eigenvalue weighted by Crippen LogP contribution is 2.33. The van der Waals surface area contributed by atoms with Gasteiger partial charge in [-0.15, -0.1) is 0 Å². The van der Waals surface area contributed by atoms with Gasteiger partial charge in [-0.2, -0.15) is 18.4 Å². The molecule has 0 aliphatic heterocycles. The lowest BCUT2D eigenvalue weighted by Crippen LogP contribution is -2.09. The number of carboxylic acids is 1. The van der Waals surface area contributed by atoms with Gasteiger partial charge in [-0.25, -0.2) is 4.79 Å². The van der Waals surface area contributed by atoms with Crippen LogP contribution in [0.1, 0.15) is 27.9 Å². The van der Waals surface area contributed by atoms with Crippen molar-refractivity contribution in [2.75, 3.05) is 0 Å². The lowest BCUT2D eigenvalue weighted by atomic mass is 10.0. The number of rotatable bonds is 3. The van der Waals surface area contributed by atoms with Crippen molar-refractivity contribution >= 4 is 12.0 Å². The first kappa shape index (κ1) is 13.8. The van der Waals surface area contributed by atoms with Gasteiger partial charge in [0.05, 0.1) is 23.6 Å². The van der Waals surface area contributed by atoms with Crippen LogP contribution < -0.4 is 0 Å². The number of benzene rings is 1. The van der Waals surface area contributed by atoms with Crippen LogP contribution in [-0.4, -0.2) is 11.1 Å². The fourth-order valence-corrected chi connectivity index (χ4v) is 1.32. The fraction of sp³-hybridized carbons (Fsp3) is 0.167. The zero-order chi connectivity index (χ0) is 13.8. The average Bonchev–Trinajstić information content (AvgIpc) is 2.28. The molecular weight excluding hydrogens is 247 g/mol. The molecule has 0 bridgehead atoms. The number of carbonyl (C=O) groups is 1. The van der Waals surface area contributed by atoms with E-state index in [0.29, 0.717) is 6.07 Å². The van der Waals surface area contributed by atoms with E-state index in [1.807, 2.05) is 0 Å². The van der Waals surface area contributed by atoms with Gasteiger partial charge < -0.3 is 5.11 Å². The number of carboxylic acid groups (broad SMARTS) is 1. The topological polar surface area (TPSA) is 61.1 Å². The molecule has 0 heterocycles. The maximum atomic E-state index is 12.7. The van der Waals surface area contributed by atoms with Crippen molar-refractivity contribution in [1.29, 1.82) is 5.26 Å². The minimum Gasteiger partial charge on any atom is -0.478 e. The Kier molecular flexibility index (Phi) is 4.10. The Morgan fingerprint density at radius 3 is 2.61 bits per heavy atom. The molecule has 1 aromatic rings. The Morgan fingerprint density at radius 2 is 2.11 bits per heavy atom. The van der Waals surface area contributed by atoms with Crippen LogP contribution in [0.4, 0.5) is 13.2 Å². The third kappa shape index (κ3) is 3.35. The van der Waals surface area contributed by atoms with Gasteiger partial charge in [0.25, 0.3) is 0 Å². The summed E-state index contributed by atoms with van der Waals surface area (Å²) in [5, 5.41) is 16.9. The van der Waals surface area contributed by atoms with E-state index in [1.54, 1.807) is 6.07 Å². The summed E-state index contributed by atoms with van der Waals surface area (Å²) >= 11 is 0. The number of nitriles is 1. The number of alkyl halides is 3. The Bertz CT molecular complexity index is 527. The van der Waals surface area contributed by atoms with Crippen molar-refractivity contribution in [3.05, 3.63) is 41.0 Å². The number of aromatic carboxylic acids is 1. The van der Waals surface area contributed by atoms with Crippen molar-refractivity contribution in [1.82, 2.24) is 0 Å². The molecule has 0 aliphatic rings. The van der Waals surface area contributed by atoms with Crippen molar-refractivity contribution in [3.8, 4) is 6.07 Å². The lowest BCUT2D eigenvalue weighted by Gasteiger charge is -2.11. The first-order valence-corrected chi connectivity index (χ1v) is 4.84. The van der Waals surface area contributed by atoms with Crippen LogP contribution in [0.3, 0.4) is 0 Å². The summed E-state index contributed by atoms with van der Waals surface area (Å²) in [6.07, 6.45) is -2.22. The molecule has 0 fully saturated rings. The van der Waals surface area contributed by atoms with Gasteiger partial charge in [0, 0.05) is 0 Å². The van der Waals surface area contributed by atoms with Gasteiger partial charge >= 0.3 is 12.1 Å². The minimum absolute atomic E-state index is 0.0159. The summed E-state index contributed by atoms with van der Waals surface area (Å²) in [5.74, 6) is -1.42. The molecule has 6 heteroatoms. The molecule has 0 aromatic heterocycles. The van der Waals surface area contributed by atoms with E-state index in [0.717, 1.165) is 18.2 Å². The number of allylic oxidation sites excluding steroid dienone is 1. The van der Waals surface area contributed by atoms with Gasteiger partial charge in [-0.05, 0) is 17.7 Å². The molecule has 1 rings (SSSR count). The Labute approximate surface area is 101 Å². The highest BCUT2D eigenvalue weighted by Gasteiger charge is 2.33. The van der Waals surface area contributed by atoms with E-state index < -0.39 is 23.3 Å². The summed E-state index contributed by atoms with van der Waals surface area (Å²) in [6.45, 7) is 0. The Morgan fingerprint density at radius 1 is 1.44 bits per heavy atom. The van der Waals surface area contributed by atoms with Crippen LogP contribution >= 0.6 is 0 Å². The molecule has 3 nitrogen and oxygen atoms in total. The van der Waals surface area contributed by atoms with E-state index in [1.165, 1.54) is 6.08 Å². The van der Waals surface area contributed by atoms with Crippen molar-refractivity contribution < 1.29 is 23.1 Å². The second-order valence-electron chi connectivity index (χ2n) is 3.37. The molecule has 1 N–H and O–H groups in total. The van der Waals surface area contributed by atoms with Crippen molar-refractivity contribution in [2.45, 2.75) is 12.6 Å². The summed E-state index contributed by atoms with van der Waals surface area (Å²) in [5.41, 5.74) is -1.63. The standard InChI is InChI=1S/C12H8F3NO2/c13-12(14,15)10-7-9(11(17)18)5-4-8(10)3-1-2-6-16/h1,3-5,7H,2H2,(H,17,18). The maximum Gasteiger partial charge on any atom is 0.417 e. The number of halogens is 3. The quantitative estimate of drug-likeness (QED) is 0.901. The van der Waals surface area contributed by atoms with E-state index >= 15 is 0 Å². The third-order valence-corrected chi connectivity index (χ3v) is 2.11. The van der Waals surface area contributed by atoms with Gasteiger partial charge in [0.2, 0.25) is 0 Å². The number of nitrogens with zero attached hydrogens (tertiary/aromatic N) is 1. The predicted octanol–water partition coefficient (Wildman–Crippen LogP) is 3.33. The third-order valence-electron chi connectivity index (χ3n) is 2.11. The first-order valence-electron chi connectivity index (χ1n) is 4.84. The lowest BCUT2D eigenvalue weighted by molar-refractivity contribution is -0.137. The highest BCUT2D eigenvalue weighted by molar-refractivity contribution is 5.88. The van der Waals surface area contributed by atoms with Crippen molar-refractivity contribution in [3.63, 3.8) is 0 Å². The summed E-state index contributed by atoms with van der Waals surface area (Å²) in [7, 11) is 0. The van der Waals surface area contributed by atoms with E-state index in [2.05, 4.69) is 0 Å². The van der Waals surface area contributed by atoms with Crippen LogP contribution in [0.5, 0.6) is 0 Å². The Balaban J connectivity index is 3.27. The predicted molar refractivity (Wildman–Crippen MR) is 57.7 cm³/mol. The first-order chi connectivity index (χ1) is 8.36. The summed E-state index contributed by atoms with van der Waals surface area (Å²) < 4.78 is 38.1. The second kappa shape index (κ2) is 5.36. The van der Waals surface area contributed by atoms with Crippen LogP contribution in [0.2, 0.25) is 0 Å². The van der Waals surface area contributed by atoms with Crippen LogP contribution in [0.25, 0.3) is 6.08 Å². The fourth-order valence-electron chi connectivity index (χ4n) is 1.32. The van der Waals surface area contributed by atoms with Crippen molar-refractivity contribution in [2.24, 2.45) is 0 Å². The normalized spacial score (nSPS) is 11.4. The molecular formula is C12H8F3NO2. The zero-order valence-electron chi connectivity index (χ0n) is 9.03. The number of hydrogen-bond acceptors (Lipinski definition) is 2. The molecule has 1 aromatic carbocycles.